The van der Waals surface area contributed by atoms with Gasteiger partial charge in [-0.15, -0.1) is 0 Å². The third kappa shape index (κ3) is 6.96. The SMILES string of the molecule is CCOCC(NC(CC(F)(F)F)c1ccccc1)C(C)C. The zero-order valence-electron chi connectivity index (χ0n) is 12.8. The van der Waals surface area contributed by atoms with Crippen LogP contribution in [0.5, 0.6) is 0 Å². The van der Waals surface area contributed by atoms with E-state index < -0.39 is 18.6 Å². The predicted molar refractivity (Wildman–Crippen MR) is 78.1 cm³/mol. The first-order chi connectivity index (χ1) is 9.83. The number of hydrogen-bond acceptors (Lipinski definition) is 2. The van der Waals surface area contributed by atoms with Gasteiger partial charge in [-0.05, 0) is 18.4 Å². The number of benzene rings is 1. The minimum Gasteiger partial charge on any atom is -0.380 e. The normalized spacial score (nSPS) is 15.2. The average Bonchev–Trinajstić information content (AvgIpc) is 2.41. The van der Waals surface area contributed by atoms with Gasteiger partial charge in [0.15, 0.2) is 0 Å². The fraction of sp³-hybridized carbons (Fsp3) is 0.625. The van der Waals surface area contributed by atoms with Crippen LogP contribution in [0.15, 0.2) is 30.3 Å². The molecule has 1 aromatic rings. The number of halogens is 3. The lowest BCUT2D eigenvalue weighted by Crippen LogP contribution is -2.41. The minimum absolute atomic E-state index is 0.113. The predicted octanol–water partition coefficient (Wildman–Crippen LogP) is 4.33. The van der Waals surface area contributed by atoms with Crippen LogP contribution in [0.25, 0.3) is 0 Å². The van der Waals surface area contributed by atoms with E-state index in [1.165, 1.54) is 0 Å². The molecule has 0 aliphatic rings. The van der Waals surface area contributed by atoms with Gasteiger partial charge >= 0.3 is 6.18 Å². The van der Waals surface area contributed by atoms with E-state index in [0.717, 1.165) is 0 Å². The molecule has 1 rings (SSSR count). The molecule has 0 heterocycles. The van der Waals surface area contributed by atoms with Crippen LogP contribution in [0, 0.1) is 5.92 Å². The van der Waals surface area contributed by atoms with Crippen molar-refractivity contribution in [1.82, 2.24) is 5.32 Å². The first-order valence-electron chi connectivity index (χ1n) is 7.29. The highest BCUT2D eigenvalue weighted by Gasteiger charge is 2.33. The second kappa shape index (κ2) is 8.39. The van der Waals surface area contributed by atoms with Crippen molar-refractivity contribution >= 4 is 0 Å². The minimum atomic E-state index is -4.21. The van der Waals surface area contributed by atoms with Crippen molar-refractivity contribution in [1.29, 1.82) is 0 Å². The molecule has 0 aliphatic carbocycles. The fourth-order valence-electron chi connectivity index (χ4n) is 2.13. The van der Waals surface area contributed by atoms with Crippen LogP contribution in [-0.2, 0) is 4.74 Å². The summed E-state index contributed by atoms with van der Waals surface area (Å²) in [6.45, 7) is 6.80. The Labute approximate surface area is 124 Å². The van der Waals surface area contributed by atoms with Gasteiger partial charge in [0.1, 0.15) is 0 Å². The molecule has 1 N–H and O–H groups in total. The summed E-state index contributed by atoms with van der Waals surface area (Å²) in [5, 5.41) is 3.12. The molecular formula is C16H24F3NO. The van der Waals surface area contributed by atoms with Crippen LogP contribution >= 0.6 is 0 Å². The maximum atomic E-state index is 12.8. The van der Waals surface area contributed by atoms with E-state index >= 15 is 0 Å². The molecule has 0 amide bonds. The van der Waals surface area contributed by atoms with Crippen molar-refractivity contribution in [3.8, 4) is 0 Å². The number of ether oxygens (including phenoxy) is 1. The molecule has 0 radical (unpaired) electrons. The van der Waals surface area contributed by atoms with E-state index in [9.17, 15) is 13.2 Å². The molecule has 0 aromatic heterocycles. The first kappa shape index (κ1) is 18.0. The highest BCUT2D eigenvalue weighted by Crippen LogP contribution is 2.30. The van der Waals surface area contributed by atoms with Crippen molar-refractivity contribution in [2.75, 3.05) is 13.2 Å². The monoisotopic (exact) mass is 303 g/mol. The molecule has 21 heavy (non-hydrogen) atoms. The maximum Gasteiger partial charge on any atom is 0.390 e. The Morgan fingerprint density at radius 3 is 2.24 bits per heavy atom. The molecule has 0 spiro atoms. The average molecular weight is 303 g/mol. The number of nitrogens with one attached hydrogen (secondary N) is 1. The van der Waals surface area contributed by atoms with Crippen LogP contribution < -0.4 is 5.32 Å². The van der Waals surface area contributed by atoms with E-state index in [1.54, 1.807) is 30.3 Å². The van der Waals surface area contributed by atoms with Crippen molar-refractivity contribution in [2.45, 2.75) is 45.5 Å². The van der Waals surface area contributed by atoms with Gasteiger partial charge < -0.3 is 10.1 Å². The van der Waals surface area contributed by atoms with Gasteiger partial charge in [0.25, 0.3) is 0 Å². The zero-order valence-corrected chi connectivity index (χ0v) is 12.8. The van der Waals surface area contributed by atoms with Gasteiger partial charge in [-0.25, -0.2) is 0 Å². The molecule has 5 heteroatoms. The number of hydrogen-bond donors (Lipinski definition) is 1. The molecule has 0 fully saturated rings. The van der Waals surface area contributed by atoms with E-state index in [2.05, 4.69) is 5.32 Å². The van der Waals surface area contributed by atoms with E-state index in [1.807, 2.05) is 20.8 Å². The Bertz CT molecular complexity index is 392. The Morgan fingerprint density at radius 1 is 1.14 bits per heavy atom. The third-order valence-corrected chi connectivity index (χ3v) is 3.36. The Kier molecular flexibility index (Phi) is 7.18. The van der Waals surface area contributed by atoms with Crippen LogP contribution in [-0.4, -0.2) is 25.4 Å². The number of rotatable bonds is 8. The molecule has 120 valence electrons. The lowest BCUT2D eigenvalue weighted by atomic mass is 9.98. The summed E-state index contributed by atoms with van der Waals surface area (Å²) in [6, 6.07) is 7.90. The van der Waals surface area contributed by atoms with Crippen molar-refractivity contribution in [3.05, 3.63) is 35.9 Å². The zero-order chi connectivity index (χ0) is 15.9. The summed E-state index contributed by atoms with van der Waals surface area (Å²) < 4.78 is 43.9. The highest BCUT2D eigenvalue weighted by atomic mass is 19.4. The van der Waals surface area contributed by atoms with Crippen molar-refractivity contribution in [2.24, 2.45) is 5.92 Å². The van der Waals surface area contributed by atoms with Gasteiger partial charge in [-0.2, -0.15) is 13.2 Å². The topological polar surface area (TPSA) is 21.3 Å². The van der Waals surface area contributed by atoms with Gasteiger partial charge in [-0.3, -0.25) is 0 Å². The van der Waals surface area contributed by atoms with E-state index in [0.29, 0.717) is 18.8 Å². The largest absolute Gasteiger partial charge is 0.390 e. The molecule has 2 atom stereocenters. The Hall–Kier alpha value is -1.07. The number of alkyl halides is 3. The molecular weight excluding hydrogens is 279 g/mol. The molecule has 2 unspecified atom stereocenters. The quantitative estimate of drug-likeness (QED) is 0.772. The molecule has 0 saturated carbocycles. The highest BCUT2D eigenvalue weighted by molar-refractivity contribution is 5.19. The van der Waals surface area contributed by atoms with Crippen LogP contribution in [0.2, 0.25) is 0 Å². The van der Waals surface area contributed by atoms with Crippen LogP contribution in [0.4, 0.5) is 13.2 Å². The lowest BCUT2D eigenvalue weighted by molar-refractivity contribution is -0.141. The lowest BCUT2D eigenvalue weighted by Gasteiger charge is -2.29. The molecule has 0 saturated heterocycles. The summed E-state index contributed by atoms with van der Waals surface area (Å²) in [5.74, 6) is 0.191. The standard InChI is InChI=1S/C16H24F3NO/c1-4-21-11-15(12(2)3)20-14(10-16(17,18)19)13-8-6-5-7-9-13/h5-9,12,14-15,20H,4,10-11H2,1-3H3. The fourth-order valence-corrected chi connectivity index (χ4v) is 2.13. The third-order valence-electron chi connectivity index (χ3n) is 3.36. The van der Waals surface area contributed by atoms with Gasteiger partial charge in [-0.1, -0.05) is 44.2 Å². The van der Waals surface area contributed by atoms with Crippen LogP contribution in [0.1, 0.15) is 38.8 Å². The van der Waals surface area contributed by atoms with Gasteiger partial charge in [0.2, 0.25) is 0 Å². The summed E-state index contributed by atoms with van der Waals surface area (Å²) >= 11 is 0. The smallest absolute Gasteiger partial charge is 0.380 e. The second-order valence-electron chi connectivity index (χ2n) is 5.46. The second-order valence-corrected chi connectivity index (χ2v) is 5.46. The van der Waals surface area contributed by atoms with Crippen molar-refractivity contribution in [3.63, 3.8) is 0 Å². The summed E-state index contributed by atoms with van der Waals surface area (Å²) in [5.41, 5.74) is 0.650. The molecule has 0 bridgehead atoms. The molecule has 2 nitrogen and oxygen atoms in total. The van der Waals surface area contributed by atoms with E-state index in [-0.39, 0.29) is 12.0 Å². The maximum absolute atomic E-state index is 12.8. The summed E-state index contributed by atoms with van der Waals surface area (Å²) in [4.78, 5) is 0. The summed E-state index contributed by atoms with van der Waals surface area (Å²) in [6.07, 6.45) is -5.09. The van der Waals surface area contributed by atoms with Gasteiger partial charge in [0, 0.05) is 18.7 Å². The molecule has 1 aromatic carbocycles. The Balaban J connectivity index is 2.85. The van der Waals surface area contributed by atoms with Crippen LogP contribution in [0.3, 0.4) is 0 Å². The summed E-state index contributed by atoms with van der Waals surface area (Å²) in [7, 11) is 0. The van der Waals surface area contributed by atoms with E-state index in [4.69, 9.17) is 4.74 Å². The Morgan fingerprint density at radius 2 is 1.76 bits per heavy atom. The first-order valence-corrected chi connectivity index (χ1v) is 7.29. The van der Waals surface area contributed by atoms with Gasteiger partial charge in [0.05, 0.1) is 13.0 Å². The molecule has 0 aliphatic heterocycles. The van der Waals surface area contributed by atoms with Crippen molar-refractivity contribution < 1.29 is 17.9 Å².